The normalized spacial score (nSPS) is 12.7. The molecule has 0 radical (unpaired) electrons. The summed E-state index contributed by atoms with van der Waals surface area (Å²) >= 11 is 0. The van der Waals surface area contributed by atoms with Crippen LogP contribution in [0.4, 0.5) is 0 Å². The van der Waals surface area contributed by atoms with Gasteiger partial charge in [0, 0.05) is 7.05 Å². The molecule has 0 heterocycles. The zero-order valence-corrected chi connectivity index (χ0v) is 21.9. The van der Waals surface area contributed by atoms with Gasteiger partial charge in [0.15, 0.2) is 0 Å². The first-order chi connectivity index (χ1) is 15.3. The average molecular weight is 456 g/mol. The molecule has 2 aromatic carbocycles. The summed E-state index contributed by atoms with van der Waals surface area (Å²) in [5.74, 6) is -0.946. The fourth-order valence-corrected chi connectivity index (χ4v) is 4.03. The zero-order valence-electron chi connectivity index (χ0n) is 21.9. The van der Waals surface area contributed by atoms with E-state index in [0.29, 0.717) is 0 Å². The standard InChI is InChI=1S/C15H23NO2.C13H18O2/c1-10(2)14(15(17)16(5)18-6)13-9-11(3)7-8-12(13)4;1-8(2)12(13(14)15)11-7-9(3)5-6-10(11)4/h7-10,14H,1-6H3;5-8,12H,1-4H3,(H,14,15). The van der Waals surface area contributed by atoms with Crippen molar-refractivity contribution in [2.75, 3.05) is 14.2 Å². The fourth-order valence-electron chi connectivity index (χ4n) is 4.03. The highest BCUT2D eigenvalue weighted by molar-refractivity contribution is 5.83. The summed E-state index contributed by atoms with van der Waals surface area (Å²) in [5, 5.41) is 10.5. The van der Waals surface area contributed by atoms with E-state index in [4.69, 9.17) is 4.84 Å². The van der Waals surface area contributed by atoms with E-state index in [0.717, 1.165) is 27.8 Å². The number of carbonyl (C=O) groups excluding carboxylic acids is 1. The number of nitrogens with zero attached hydrogens (tertiary/aromatic N) is 1. The van der Waals surface area contributed by atoms with Crippen molar-refractivity contribution in [3.05, 3.63) is 69.8 Å². The van der Waals surface area contributed by atoms with Crippen molar-refractivity contribution in [1.29, 1.82) is 0 Å². The number of aliphatic carboxylic acids is 1. The van der Waals surface area contributed by atoms with Crippen LogP contribution in [0.25, 0.3) is 0 Å². The van der Waals surface area contributed by atoms with Gasteiger partial charge in [-0.15, -0.1) is 0 Å². The molecule has 0 fully saturated rings. The van der Waals surface area contributed by atoms with Crippen LogP contribution in [-0.4, -0.2) is 36.2 Å². The molecule has 0 saturated carbocycles. The Kier molecular flexibility index (Phi) is 10.8. The Hall–Kier alpha value is -2.66. The molecule has 0 bridgehead atoms. The van der Waals surface area contributed by atoms with Crippen LogP contribution in [0.15, 0.2) is 36.4 Å². The highest BCUT2D eigenvalue weighted by Crippen LogP contribution is 2.30. The highest BCUT2D eigenvalue weighted by Gasteiger charge is 2.28. The van der Waals surface area contributed by atoms with Gasteiger partial charge in [0.25, 0.3) is 5.91 Å². The molecule has 0 aliphatic rings. The Morgan fingerprint density at radius 3 is 1.52 bits per heavy atom. The maximum absolute atomic E-state index is 12.4. The number of aryl methyl sites for hydroxylation is 4. The molecule has 182 valence electrons. The number of likely N-dealkylation sites (N-methyl/N-ethyl adjacent to an activating group) is 1. The Balaban J connectivity index is 0.000000335. The van der Waals surface area contributed by atoms with Crippen molar-refractivity contribution in [2.24, 2.45) is 11.8 Å². The van der Waals surface area contributed by atoms with Gasteiger partial charge in [-0.1, -0.05) is 75.2 Å². The Morgan fingerprint density at radius 1 is 0.788 bits per heavy atom. The van der Waals surface area contributed by atoms with Gasteiger partial charge in [0.1, 0.15) is 0 Å². The molecule has 5 heteroatoms. The summed E-state index contributed by atoms with van der Waals surface area (Å²) in [4.78, 5) is 28.6. The lowest BCUT2D eigenvalue weighted by Gasteiger charge is -2.26. The number of rotatable bonds is 7. The van der Waals surface area contributed by atoms with Crippen LogP contribution in [0, 0.1) is 39.5 Å². The van der Waals surface area contributed by atoms with E-state index in [2.05, 4.69) is 32.0 Å². The molecule has 0 saturated heterocycles. The minimum Gasteiger partial charge on any atom is -0.481 e. The van der Waals surface area contributed by atoms with E-state index >= 15 is 0 Å². The van der Waals surface area contributed by atoms with E-state index in [1.165, 1.54) is 17.7 Å². The van der Waals surface area contributed by atoms with E-state index < -0.39 is 11.9 Å². The van der Waals surface area contributed by atoms with E-state index in [9.17, 15) is 14.7 Å². The Labute approximate surface area is 199 Å². The molecule has 5 nitrogen and oxygen atoms in total. The molecule has 0 aliphatic heterocycles. The van der Waals surface area contributed by atoms with E-state index in [1.807, 2.05) is 59.7 Å². The van der Waals surface area contributed by atoms with Gasteiger partial charge in [-0.2, -0.15) is 0 Å². The first-order valence-electron chi connectivity index (χ1n) is 11.5. The van der Waals surface area contributed by atoms with Gasteiger partial charge in [0.2, 0.25) is 0 Å². The molecular formula is C28H41NO4. The van der Waals surface area contributed by atoms with Crippen molar-refractivity contribution >= 4 is 11.9 Å². The molecule has 1 amide bonds. The molecule has 0 aromatic heterocycles. The number of carboxylic acid groups (broad SMARTS) is 1. The lowest BCUT2D eigenvalue weighted by molar-refractivity contribution is -0.171. The molecule has 0 aliphatic carbocycles. The number of benzene rings is 2. The van der Waals surface area contributed by atoms with Crippen LogP contribution >= 0.6 is 0 Å². The predicted molar refractivity (Wildman–Crippen MR) is 134 cm³/mol. The number of carbonyl (C=O) groups is 2. The lowest BCUT2D eigenvalue weighted by atomic mass is 9.84. The van der Waals surface area contributed by atoms with Gasteiger partial charge < -0.3 is 5.11 Å². The maximum Gasteiger partial charge on any atom is 0.311 e. The van der Waals surface area contributed by atoms with Crippen LogP contribution < -0.4 is 0 Å². The topological polar surface area (TPSA) is 66.8 Å². The third kappa shape index (κ3) is 7.71. The quantitative estimate of drug-likeness (QED) is 0.506. The van der Waals surface area contributed by atoms with Crippen LogP contribution in [0.3, 0.4) is 0 Å². The second-order valence-electron chi connectivity index (χ2n) is 9.52. The van der Waals surface area contributed by atoms with Crippen molar-refractivity contribution in [3.63, 3.8) is 0 Å². The third-order valence-electron chi connectivity index (χ3n) is 5.99. The van der Waals surface area contributed by atoms with Crippen LogP contribution in [0.2, 0.25) is 0 Å². The number of amides is 1. The first kappa shape index (κ1) is 28.4. The number of hydrogen-bond acceptors (Lipinski definition) is 3. The summed E-state index contributed by atoms with van der Waals surface area (Å²) < 4.78 is 0. The highest BCUT2D eigenvalue weighted by atomic mass is 16.7. The zero-order chi connectivity index (χ0) is 25.5. The molecular weight excluding hydrogens is 414 g/mol. The van der Waals surface area contributed by atoms with Gasteiger partial charge in [-0.25, -0.2) is 5.06 Å². The van der Waals surface area contributed by atoms with E-state index in [-0.39, 0.29) is 23.7 Å². The summed E-state index contributed by atoms with van der Waals surface area (Å²) in [6.45, 7) is 16.1. The van der Waals surface area contributed by atoms with Crippen LogP contribution in [0.5, 0.6) is 0 Å². The number of carboxylic acids is 1. The van der Waals surface area contributed by atoms with Crippen LogP contribution in [-0.2, 0) is 14.4 Å². The Bertz CT molecular complexity index is 949. The molecule has 2 atom stereocenters. The summed E-state index contributed by atoms with van der Waals surface area (Å²) in [5.41, 5.74) is 6.53. The minimum atomic E-state index is -0.737. The van der Waals surface area contributed by atoms with Gasteiger partial charge in [0.05, 0.1) is 18.9 Å². The van der Waals surface area contributed by atoms with Crippen molar-refractivity contribution in [3.8, 4) is 0 Å². The van der Waals surface area contributed by atoms with Crippen molar-refractivity contribution in [1.82, 2.24) is 5.06 Å². The second-order valence-corrected chi connectivity index (χ2v) is 9.52. The SMILES string of the molecule is CON(C)C(=O)C(c1cc(C)ccc1C)C(C)C.Cc1ccc(C)c(C(C(=O)O)C(C)C)c1. The van der Waals surface area contributed by atoms with Crippen molar-refractivity contribution in [2.45, 2.75) is 67.2 Å². The summed E-state index contributed by atoms with van der Waals surface area (Å²) in [6.07, 6.45) is 0. The average Bonchev–Trinajstić information content (AvgIpc) is 2.72. The lowest BCUT2D eigenvalue weighted by Crippen LogP contribution is -2.33. The molecule has 1 N–H and O–H groups in total. The first-order valence-corrected chi connectivity index (χ1v) is 11.5. The molecule has 2 unspecified atom stereocenters. The molecule has 33 heavy (non-hydrogen) atoms. The summed E-state index contributed by atoms with van der Waals surface area (Å²) in [6, 6.07) is 12.2. The Morgan fingerprint density at radius 2 is 1.18 bits per heavy atom. The van der Waals surface area contributed by atoms with Gasteiger partial charge in [-0.3, -0.25) is 14.4 Å². The molecule has 2 rings (SSSR count). The predicted octanol–water partition coefficient (Wildman–Crippen LogP) is 6.19. The summed E-state index contributed by atoms with van der Waals surface area (Å²) in [7, 11) is 3.17. The largest absolute Gasteiger partial charge is 0.481 e. The minimum absolute atomic E-state index is 0.00111. The fraction of sp³-hybridized carbons (Fsp3) is 0.500. The van der Waals surface area contributed by atoms with Gasteiger partial charge >= 0.3 is 5.97 Å². The molecule has 0 spiro atoms. The number of hydrogen-bond donors (Lipinski definition) is 1. The molecule has 2 aromatic rings. The third-order valence-corrected chi connectivity index (χ3v) is 5.99. The maximum atomic E-state index is 12.4. The number of hydroxylamine groups is 2. The smallest absolute Gasteiger partial charge is 0.311 e. The second kappa shape index (κ2) is 12.5. The monoisotopic (exact) mass is 455 g/mol. The van der Waals surface area contributed by atoms with Gasteiger partial charge in [-0.05, 0) is 61.8 Å². The van der Waals surface area contributed by atoms with Crippen molar-refractivity contribution < 1.29 is 19.5 Å². The van der Waals surface area contributed by atoms with Crippen LogP contribution in [0.1, 0.15) is 72.9 Å². The van der Waals surface area contributed by atoms with E-state index in [1.54, 1.807) is 7.05 Å².